The van der Waals surface area contributed by atoms with E-state index in [2.05, 4.69) is 6.92 Å². The molecule has 0 amide bonds. The molecule has 0 saturated carbocycles. The number of carbonyl (C=O) groups excluding carboxylic acids is 3. The van der Waals surface area contributed by atoms with Crippen molar-refractivity contribution in [3.63, 3.8) is 0 Å². The molecule has 5 heteroatoms. The highest BCUT2D eigenvalue weighted by molar-refractivity contribution is 6.01. The lowest BCUT2D eigenvalue weighted by molar-refractivity contribution is -0.146. The molecular formula is C34H40O5. The van der Waals surface area contributed by atoms with Crippen LogP contribution in [0.2, 0.25) is 0 Å². The maximum Gasteiger partial charge on any atom is 0.338 e. The second kappa shape index (κ2) is 15.6. The van der Waals surface area contributed by atoms with Gasteiger partial charge in [0.2, 0.25) is 5.78 Å². The summed E-state index contributed by atoms with van der Waals surface area (Å²) in [4.78, 5) is 37.7. The number of rotatable bonds is 15. The number of hydrogen-bond acceptors (Lipinski definition) is 5. The first-order valence-electron chi connectivity index (χ1n) is 14.1. The number of unbranched alkanes of at least 4 members (excludes halogenated alkanes) is 5. The number of esters is 2. The van der Waals surface area contributed by atoms with Crippen LogP contribution in [-0.2, 0) is 14.3 Å². The zero-order chi connectivity index (χ0) is 28.0. The Morgan fingerprint density at radius 3 is 2.03 bits per heavy atom. The highest BCUT2D eigenvalue weighted by atomic mass is 16.5. The van der Waals surface area contributed by atoms with Crippen molar-refractivity contribution in [2.45, 2.75) is 78.2 Å². The Bertz CT molecular complexity index is 1210. The van der Waals surface area contributed by atoms with E-state index in [0.29, 0.717) is 24.2 Å². The lowest BCUT2D eigenvalue weighted by Crippen LogP contribution is -2.24. The number of ether oxygens (including phenoxy) is 2. The first kappa shape index (κ1) is 29.8. The average Bonchev–Trinajstić information content (AvgIpc) is 2.97. The van der Waals surface area contributed by atoms with Gasteiger partial charge < -0.3 is 9.47 Å². The lowest BCUT2D eigenvalue weighted by Gasteiger charge is -2.15. The van der Waals surface area contributed by atoms with Crippen molar-refractivity contribution in [1.29, 1.82) is 0 Å². The summed E-state index contributed by atoms with van der Waals surface area (Å²) in [5.41, 5.74) is 4.70. The fraction of sp³-hybridized carbons (Fsp3) is 0.382. The molecule has 0 aliphatic rings. The molecule has 0 aliphatic heterocycles. The third kappa shape index (κ3) is 8.91. The fourth-order valence-electron chi connectivity index (χ4n) is 4.41. The number of Topliss-reactive ketones (excluding diaryl/α,β-unsaturated/α-hetero) is 1. The molecule has 0 saturated heterocycles. The third-order valence-corrected chi connectivity index (χ3v) is 6.71. The molecule has 3 rings (SSSR count). The van der Waals surface area contributed by atoms with Crippen LogP contribution in [0.15, 0.2) is 72.8 Å². The van der Waals surface area contributed by atoms with Crippen molar-refractivity contribution < 1.29 is 23.9 Å². The normalized spacial score (nSPS) is 11.6. The quantitative estimate of drug-likeness (QED) is 0.112. The smallest absolute Gasteiger partial charge is 0.338 e. The lowest BCUT2D eigenvalue weighted by atomic mass is 9.92. The molecule has 3 aromatic rings. The summed E-state index contributed by atoms with van der Waals surface area (Å²) in [6.45, 7) is 6.19. The van der Waals surface area contributed by atoms with Gasteiger partial charge >= 0.3 is 11.9 Å². The van der Waals surface area contributed by atoms with E-state index in [1.54, 1.807) is 25.1 Å². The van der Waals surface area contributed by atoms with Gasteiger partial charge in [-0.05, 0) is 54.2 Å². The van der Waals surface area contributed by atoms with E-state index in [-0.39, 0.29) is 17.7 Å². The summed E-state index contributed by atoms with van der Waals surface area (Å²) in [5.74, 6) is -0.936. The van der Waals surface area contributed by atoms with E-state index in [1.807, 2.05) is 61.5 Å². The van der Waals surface area contributed by atoms with Crippen molar-refractivity contribution in [1.82, 2.24) is 0 Å². The van der Waals surface area contributed by atoms with Crippen LogP contribution in [0.5, 0.6) is 0 Å². The maximum absolute atomic E-state index is 12.9. The molecule has 0 aromatic heterocycles. The Morgan fingerprint density at radius 1 is 0.692 bits per heavy atom. The zero-order valence-electron chi connectivity index (χ0n) is 23.4. The van der Waals surface area contributed by atoms with Crippen LogP contribution in [0.4, 0.5) is 0 Å². The summed E-state index contributed by atoms with van der Waals surface area (Å²) in [6, 6.07) is 22.8. The van der Waals surface area contributed by atoms with Gasteiger partial charge in [-0.3, -0.25) is 9.59 Å². The minimum atomic E-state index is -0.847. The van der Waals surface area contributed by atoms with Gasteiger partial charge in [-0.1, -0.05) is 107 Å². The van der Waals surface area contributed by atoms with Crippen LogP contribution in [0.1, 0.15) is 92.9 Å². The van der Waals surface area contributed by atoms with Crippen molar-refractivity contribution in [2.24, 2.45) is 0 Å². The van der Waals surface area contributed by atoms with Crippen LogP contribution < -0.4 is 0 Å². The molecule has 206 valence electrons. The molecule has 39 heavy (non-hydrogen) atoms. The standard InChI is InChI=1S/C34H40O5/c1-4-6-8-9-13-23-38-34(37)29-21-22-30(26-14-11-10-12-15-26)31(24-29)27-17-19-28(20-18-27)33(36)25(3)39-32(35)16-7-5-2/h10-12,14-15,17-22,24-25H,4-9,13,16,23H2,1-3H3. The Labute approximate surface area is 232 Å². The van der Waals surface area contributed by atoms with E-state index < -0.39 is 6.10 Å². The minimum absolute atomic E-state index is 0.244. The number of hydrogen-bond donors (Lipinski definition) is 0. The highest BCUT2D eigenvalue weighted by Gasteiger charge is 2.20. The van der Waals surface area contributed by atoms with Gasteiger partial charge in [0.25, 0.3) is 0 Å². The van der Waals surface area contributed by atoms with Crippen LogP contribution in [0.25, 0.3) is 22.3 Å². The van der Waals surface area contributed by atoms with Crippen molar-refractivity contribution in [2.75, 3.05) is 6.61 Å². The molecule has 0 fully saturated rings. The topological polar surface area (TPSA) is 69.7 Å². The van der Waals surface area contributed by atoms with Gasteiger partial charge in [0.1, 0.15) is 0 Å². The monoisotopic (exact) mass is 528 g/mol. The summed E-state index contributed by atoms with van der Waals surface area (Å²) < 4.78 is 10.9. The summed E-state index contributed by atoms with van der Waals surface area (Å²) in [5, 5.41) is 0. The molecule has 3 aromatic carbocycles. The Hall–Kier alpha value is -3.73. The maximum atomic E-state index is 12.9. The van der Waals surface area contributed by atoms with Crippen molar-refractivity contribution in [3.05, 3.63) is 83.9 Å². The molecule has 0 bridgehead atoms. The average molecular weight is 529 g/mol. The van der Waals surface area contributed by atoms with Crippen LogP contribution >= 0.6 is 0 Å². The number of carbonyl (C=O) groups is 3. The van der Waals surface area contributed by atoms with Crippen LogP contribution in [0.3, 0.4) is 0 Å². The molecule has 1 atom stereocenters. The Balaban J connectivity index is 1.80. The fourth-order valence-corrected chi connectivity index (χ4v) is 4.41. The van der Waals surface area contributed by atoms with Gasteiger partial charge in [0.05, 0.1) is 12.2 Å². The zero-order valence-corrected chi connectivity index (χ0v) is 23.4. The molecule has 0 radical (unpaired) electrons. The van der Waals surface area contributed by atoms with E-state index in [4.69, 9.17) is 9.47 Å². The second-order valence-electron chi connectivity index (χ2n) is 9.85. The third-order valence-electron chi connectivity index (χ3n) is 6.71. The molecular weight excluding hydrogens is 488 g/mol. The molecule has 0 aliphatic carbocycles. The summed E-state index contributed by atoms with van der Waals surface area (Å²) in [7, 11) is 0. The molecule has 0 N–H and O–H groups in total. The molecule has 1 unspecified atom stereocenters. The summed E-state index contributed by atoms with van der Waals surface area (Å²) >= 11 is 0. The minimum Gasteiger partial charge on any atom is -0.462 e. The Morgan fingerprint density at radius 2 is 1.33 bits per heavy atom. The van der Waals surface area contributed by atoms with Crippen molar-refractivity contribution in [3.8, 4) is 22.3 Å². The van der Waals surface area contributed by atoms with Gasteiger partial charge in [0.15, 0.2) is 6.10 Å². The van der Waals surface area contributed by atoms with E-state index in [0.717, 1.165) is 54.4 Å². The Kier molecular flexibility index (Phi) is 11.9. The largest absolute Gasteiger partial charge is 0.462 e. The van der Waals surface area contributed by atoms with Crippen molar-refractivity contribution >= 4 is 17.7 Å². The molecule has 0 spiro atoms. The first-order valence-corrected chi connectivity index (χ1v) is 14.1. The predicted octanol–water partition coefficient (Wildman–Crippen LogP) is 8.45. The van der Waals surface area contributed by atoms with Crippen LogP contribution in [-0.4, -0.2) is 30.4 Å². The SMILES string of the molecule is CCCCCCCOC(=O)c1ccc(-c2ccccc2)c(-c2ccc(C(=O)C(C)OC(=O)CCCC)cc2)c1. The highest BCUT2D eigenvalue weighted by Crippen LogP contribution is 2.33. The van der Waals surface area contributed by atoms with Crippen LogP contribution in [0, 0.1) is 0 Å². The predicted molar refractivity (Wildman–Crippen MR) is 156 cm³/mol. The van der Waals surface area contributed by atoms with E-state index in [9.17, 15) is 14.4 Å². The van der Waals surface area contributed by atoms with Gasteiger partial charge in [-0.15, -0.1) is 0 Å². The van der Waals surface area contributed by atoms with E-state index >= 15 is 0 Å². The van der Waals surface area contributed by atoms with Gasteiger partial charge in [-0.2, -0.15) is 0 Å². The van der Waals surface area contributed by atoms with Gasteiger partial charge in [0, 0.05) is 12.0 Å². The number of benzene rings is 3. The first-order chi connectivity index (χ1) is 18.9. The van der Waals surface area contributed by atoms with E-state index in [1.165, 1.54) is 12.8 Å². The number of ketones is 1. The molecule has 0 heterocycles. The summed E-state index contributed by atoms with van der Waals surface area (Å²) in [6.07, 6.45) is 6.55. The van der Waals surface area contributed by atoms with Gasteiger partial charge in [-0.25, -0.2) is 4.79 Å². The second-order valence-corrected chi connectivity index (χ2v) is 9.85. The molecule has 5 nitrogen and oxygen atoms in total.